The fourth-order valence-electron chi connectivity index (χ4n) is 1.34. The predicted octanol–water partition coefficient (Wildman–Crippen LogP) is 1.30. The van der Waals surface area contributed by atoms with E-state index in [4.69, 9.17) is 25.3 Å². The molecule has 0 fully saturated rings. The molecule has 0 rings (SSSR count). The third-order valence-corrected chi connectivity index (χ3v) is 2.23. The van der Waals surface area contributed by atoms with E-state index in [2.05, 4.69) is 9.47 Å². The van der Waals surface area contributed by atoms with Crippen molar-refractivity contribution in [2.75, 3.05) is 6.61 Å². The zero-order valence-corrected chi connectivity index (χ0v) is 11.1. The minimum Gasteiger partial charge on any atom is -0.428 e. The van der Waals surface area contributed by atoms with Crippen LogP contribution in [0.3, 0.4) is 0 Å². The fraction of sp³-hybridized carbons (Fsp3) is 0.667. The van der Waals surface area contributed by atoms with Crippen LogP contribution in [0.4, 0.5) is 0 Å². The molecule has 0 radical (unpaired) electrons. The Morgan fingerprint density at radius 1 is 1.15 bits per heavy atom. The maximum atomic E-state index is 11.6. The van der Waals surface area contributed by atoms with Gasteiger partial charge < -0.3 is 18.9 Å². The van der Waals surface area contributed by atoms with Gasteiger partial charge in [-0.2, -0.15) is 15.8 Å². The van der Waals surface area contributed by atoms with Crippen molar-refractivity contribution in [2.45, 2.75) is 45.0 Å². The highest BCUT2D eigenvalue weighted by Crippen LogP contribution is 2.10. The molecule has 8 nitrogen and oxygen atoms in total. The first kappa shape index (κ1) is 17.3. The van der Waals surface area contributed by atoms with E-state index in [0.29, 0.717) is 19.3 Å². The van der Waals surface area contributed by atoms with Crippen LogP contribution in [0.2, 0.25) is 0 Å². The van der Waals surface area contributed by atoms with Gasteiger partial charge in [0.1, 0.15) is 12.7 Å². The Morgan fingerprint density at radius 2 is 1.85 bits per heavy atom. The summed E-state index contributed by atoms with van der Waals surface area (Å²) in [6, 6.07) is 0. The zero-order valence-electron chi connectivity index (χ0n) is 11.1. The van der Waals surface area contributed by atoms with Crippen molar-refractivity contribution in [3.8, 4) is 18.8 Å². The monoisotopic (exact) mass is 281 g/mol. The van der Waals surface area contributed by atoms with Gasteiger partial charge in [0.25, 0.3) is 25.1 Å². The number of hydrogen-bond acceptors (Lipinski definition) is 8. The average molecular weight is 281 g/mol. The van der Waals surface area contributed by atoms with Crippen LogP contribution in [0, 0.1) is 34.6 Å². The number of nitriles is 3. The van der Waals surface area contributed by atoms with Crippen LogP contribution in [-0.4, -0.2) is 25.0 Å². The summed E-state index contributed by atoms with van der Waals surface area (Å²) in [5.41, 5.74) is 0. The lowest BCUT2D eigenvalue weighted by molar-refractivity contribution is -0.170. The second kappa shape index (κ2) is 11.4. The summed E-state index contributed by atoms with van der Waals surface area (Å²) in [6.07, 6.45) is 3.88. The molecule has 8 heteroatoms. The van der Waals surface area contributed by atoms with Crippen LogP contribution in [0.1, 0.15) is 32.6 Å². The van der Waals surface area contributed by atoms with Gasteiger partial charge in [-0.05, 0) is 12.8 Å². The number of carbonyl (C=O) groups excluding carboxylic acids is 1. The molecule has 0 heterocycles. The van der Waals surface area contributed by atoms with E-state index in [1.807, 2.05) is 0 Å². The highest BCUT2D eigenvalue weighted by atomic mass is 16.7. The number of rotatable bonds is 10. The Labute approximate surface area is 117 Å². The Kier molecular flexibility index (Phi) is 9.91. The molecule has 2 unspecified atom stereocenters. The summed E-state index contributed by atoms with van der Waals surface area (Å²) in [4.78, 5) is 11.6. The maximum absolute atomic E-state index is 11.6. The summed E-state index contributed by atoms with van der Waals surface area (Å²) in [6.45, 7) is 1.88. The molecular weight excluding hydrogens is 266 g/mol. The quantitative estimate of drug-likeness (QED) is 0.254. The Bertz CT molecular complexity index is 407. The van der Waals surface area contributed by atoms with Crippen LogP contribution in [-0.2, 0) is 23.7 Å². The third-order valence-electron chi connectivity index (χ3n) is 2.23. The largest absolute Gasteiger partial charge is 0.428 e. The summed E-state index contributed by atoms with van der Waals surface area (Å²) < 4.78 is 18.6. The van der Waals surface area contributed by atoms with Crippen molar-refractivity contribution < 1.29 is 23.7 Å². The van der Waals surface area contributed by atoms with E-state index >= 15 is 0 Å². The number of nitrogens with zero attached hydrogens (tertiary/aromatic N) is 3. The van der Waals surface area contributed by atoms with Crippen LogP contribution < -0.4 is 0 Å². The summed E-state index contributed by atoms with van der Waals surface area (Å²) in [5.74, 6) is -0.631. The summed E-state index contributed by atoms with van der Waals surface area (Å²) in [5, 5.41) is 25.0. The molecule has 0 spiro atoms. The molecule has 0 aromatic heterocycles. The van der Waals surface area contributed by atoms with E-state index in [-0.39, 0.29) is 13.0 Å². The molecule has 0 aromatic carbocycles. The zero-order chi connectivity index (χ0) is 15.2. The Balaban J connectivity index is 4.16. The summed E-state index contributed by atoms with van der Waals surface area (Å²) >= 11 is 0. The van der Waals surface area contributed by atoms with Gasteiger partial charge in [-0.1, -0.05) is 6.92 Å². The van der Waals surface area contributed by atoms with Gasteiger partial charge in [-0.3, -0.25) is 4.79 Å². The van der Waals surface area contributed by atoms with E-state index in [1.165, 1.54) is 18.8 Å². The van der Waals surface area contributed by atoms with Gasteiger partial charge in [0.15, 0.2) is 0 Å². The first-order valence-electron chi connectivity index (χ1n) is 5.97. The van der Waals surface area contributed by atoms with Gasteiger partial charge in [-0.25, -0.2) is 0 Å². The van der Waals surface area contributed by atoms with Gasteiger partial charge in [0, 0.05) is 6.42 Å². The van der Waals surface area contributed by atoms with Crippen molar-refractivity contribution in [1.82, 2.24) is 0 Å². The van der Waals surface area contributed by atoms with E-state index in [0.717, 1.165) is 0 Å². The molecule has 20 heavy (non-hydrogen) atoms. The first-order chi connectivity index (χ1) is 9.67. The van der Waals surface area contributed by atoms with E-state index in [9.17, 15) is 4.79 Å². The first-order valence-corrected chi connectivity index (χ1v) is 5.97. The standard InChI is InChI=1S/C12H15N3O5/c1-2-12(19-9-15)20-11(16)6-10(18-8-14)4-3-5-17-7-13/h10,12H,2-6H2,1H3. The average Bonchev–Trinajstić information content (AvgIpc) is 2.43. The Hall–Kier alpha value is -2.66. The van der Waals surface area contributed by atoms with Crippen molar-refractivity contribution in [3.63, 3.8) is 0 Å². The predicted molar refractivity (Wildman–Crippen MR) is 62.8 cm³/mol. The SMILES string of the molecule is CCC(OC#N)OC(=O)CC(CCCOC#N)OC#N. The molecule has 0 amide bonds. The third kappa shape index (κ3) is 8.43. The van der Waals surface area contributed by atoms with Crippen molar-refractivity contribution in [2.24, 2.45) is 0 Å². The smallest absolute Gasteiger partial charge is 0.312 e. The molecule has 0 aliphatic rings. The highest BCUT2D eigenvalue weighted by molar-refractivity contribution is 5.70. The van der Waals surface area contributed by atoms with E-state index < -0.39 is 18.4 Å². The molecule has 2 atom stereocenters. The topological polar surface area (TPSA) is 125 Å². The van der Waals surface area contributed by atoms with Crippen molar-refractivity contribution in [3.05, 3.63) is 0 Å². The molecule has 0 bridgehead atoms. The number of carbonyl (C=O) groups is 1. The minimum atomic E-state index is -0.933. The van der Waals surface area contributed by atoms with Crippen LogP contribution in [0.5, 0.6) is 0 Å². The summed E-state index contributed by atoms with van der Waals surface area (Å²) in [7, 11) is 0. The fourth-order valence-corrected chi connectivity index (χ4v) is 1.34. The molecule has 0 N–H and O–H groups in total. The molecule has 0 aromatic rings. The van der Waals surface area contributed by atoms with Crippen molar-refractivity contribution in [1.29, 1.82) is 15.8 Å². The number of ether oxygens (including phenoxy) is 4. The van der Waals surface area contributed by atoms with Crippen LogP contribution >= 0.6 is 0 Å². The number of esters is 1. The second-order valence-electron chi connectivity index (χ2n) is 3.65. The molecule has 0 saturated carbocycles. The second-order valence-corrected chi connectivity index (χ2v) is 3.65. The minimum absolute atomic E-state index is 0.147. The van der Waals surface area contributed by atoms with Crippen molar-refractivity contribution >= 4 is 5.97 Å². The lowest BCUT2D eigenvalue weighted by atomic mass is 10.1. The molecule has 0 aliphatic carbocycles. The lowest BCUT2D eigenvalue weighted by Crippen LogP contribution is -2.24. The van der Waals surface area contributed by atoms with Gasteiger partial charge in [0.05, 0.1) is 6.42 Å². The van der Waals surface area contributed by atoms with Crippen LogP contribution in [0.15, 0.2) is 0 Å². The molecule has 108 valence electrons. The van der Waals surface area contributed by atoms with Gasteiger partial charge >= 0.3 is 5.97 Å². The Morgan fingerprint density at radius 3 is 2.40 bits per heavy atom. The molecule has 0 saturated heterocycles. The normalized spacial score (nSPS) is 11.9. The molecule has 0 aliphatic heterocycles. The lowest BCUT2D eigenvalue weighted by Gasteiger charge is -2.16. The van der Waals surface area contributed by atoms with Gasteiger partial charge in [-0.15, -0.1) is 0 Å². The maximum Gasteiger partial charge on any atom is 0.312 e. The van der Waals surface area contributed by atoms with Gasteiger partial charge in [0.2, 0.25) is 0 Å². The van der Waals surface area contributed by atoms with E-state index in [1.54, 1.807) is 6.92 Å². The highest BCUT2D eigenvalue weighted by Gasteiger charge is 2.20. The molecular formula is C12H15N3O5. The number of hydrogen-bond donors (Lipinski definition) is 0. The van der Waals surface area contributed by atoms with Crippen LogP contribution in [0.25, 0.3) is 0 Å².